The molecule has 1 atom stereocenters. The Morgan fingerprint density at radius 2 is 2.00 bits per heavy atom. The number of halogens is 2. The molecule has 1 fully saturated rings. The number of nitrogens with one attached hydrogen (secondary N) is 1. The Morgan fingerprint density at radius 1 is 1.24 bits per heavy atom. The molecule has 154 valence electrons. The van der Waals surface area contributed by atoms with Gasteiger partial charge in [0.1, 0.15) is 11.5 Å². The largest absolute Gasteiger partial charge is 0.506 e. The van der Waals surface area contributed by atoms with Crippen LogP contribution in [0.3, 0.4) is 0 Å². The summed E-state index contributed by atoms with van der Waals surface area (Å²) in [5.41, 5.74) is 1.23. The van der Waals surface area contributed by atoms with Crippen LogP contribution in [0.1, 0.15) is 28.8 Å². The molecule has 1 aliphatic rings. The van der Waals surface area contributed by atoms with Crippen molar-refractivity contribution in [1.29, 1.82) is 0 Å². The summed E-state index contributed by atoms with van der Waals surface area (Å²) in [6, 6.07) is 10.7. The summed E-state index contributed by atoms with van der Waals surface area (Å²) in [7, 11) is 0. The van der Waals surface area contributed by atoms with Crippen LogP contribution in [0.2, 0.25) is 0 Å². The van der Waals surface area contributed by atoms with Gasteiger partial charge in [0.05, 0.1) is 17.2 Å². The van der Waals surface area contributed by atoms with Crippen LogP contribution in [0.4, 0.5) is 14.5 Å². The van der Waals surface area contributed by atoms with Crippen molar-refractivity contribution < 1.29 is 28.2 Å². The van der Waals surface area contributed by atoms with E-state index < -0.39 is 18.4 Å². The number of aryl methyl sites for hydroxylation is 1. The number of aromatic hydroxyl groups is 1. The topological polar surface area (TPSA) is 78.9 Å². The molecule has 1 unspecified atom stereocenters. The number of anilines is 1. The van der Waals surface area contributed by atoms with Gasteiger partial charge in [-0.1, -0.05) is 18.2 Å². The van der Waals surface area contributed by atoms with Crippen molar-refractivity contribution in [3.8, 4) is 11.5 Å². The maximum atomic E-state index is 12.9. The molecule has 0 saturated carbocycles. The third-order valence-electron chi connectivity index (χ3n) is 4.82. The molecule has 3 rings (SSSR count). The lowest BCUT2D eigenvalue weighted by atomic mass is 9.96. The second-order valence-electron chi connectivity index (χ2n) is 6.97. The molecule has 2 aromatic rings. The number of piperidine rings is 1. The molecular weight excluding hydrogens is 382 g/mol. The van der Waals surface area contributed by atoms with Crippen molar-refractivity contribution in [2.24, 2.45) is 5.92 Å². The summed E-state index contributed by atoms with van der Waals surface area (Å²) in [6.07, 6.45) is 1.18. The number of hydrogen-bond acceptors (Lipinski definition) is 4. The van der Waals surface area contributed by atoms with E-state index in [2.05, 4.69) is 10.1 Å². The average Bonchev–Trinajstić information content (AvgIpc) is 2.70. The quantitative estimate of drug-likeness (QED) is 0.743. The molecule has 29 heavy (non-hydrogen) atoms. The number of alkyl halides is 2. The predicted molar refractivity (Wildman–Crippen MR) is 103 cm³/mol. The minimum Gasteiger partial charge on any atom is -0.506 e. The molecule has 0 aliphatic carbocycles. The molecule has 0 radical (unpaired) electrons. The van der Waals surface area contributed by atoms with Gasteiger partial charge in [0, 0.05) is 13.1 Å². The first-order valence-electron chi connectivity index (χ1n) is 9.28. The highest BCUT2D eigenvalue weighted by molar-refractivity contribution is 5.98. The normalized spacial score (nSPS) is 16.6. The highest BCUT2D eigenvalue weighted by atomic mass is 19.3. The van der Waals surface area contributed by atoms with Crippen molar-refractivity contribution >= 4 is 17.5 Å². The van der Waals surface area contributed by atoms with E-state index in [1.165, 1.54) is 29.2 Å². The monoisotopic (exact) mass is 404 g/mol. The van der Waals surface area contributed by atoms with Crippen LogP contribution in [0, 0.1) is 12.8 Å². The minimum atomic E-state index is -3.04. The number of para-hydroxylation sites is 1. The summed E-state index contributed by atoms with van der Waals surface area (Å²) in [6.45, 7) is -0.623. The van der Waals surface area contributed by atoms with E-state index in [0.29, 0.717) is 25.1 Å². The zero-order valence-corrected chi connectivity index (χ0v) is 15.9. The van der Waals surface area contributed by atoms with Gasteiger partial charge in [-0.15, -0.1) is 0 Å². The SMILES string of the molecule is Cc1ccc(O)c(NC(=O)C2CCCN(C(=O)c3ccccc3OC(F)F)C2)c1. The number of ether oxygens (including phenoxy) is 1. The van der Waals surface area contributed by atoms with Crippen LogP contribution in [0.5, 0.6) is 11.5 Å². The standard InChI is InChI=1S/C21H22F2N2O4/c1-13-8-9-17(26)16(11-13)24-19(27)14-5-4-10-25(12-14)20(28)15-6-2-3-7-18(15)29-21(22)23/h2-3,6-9,11,14,21,26H,4-5,10,12H2,1H3,(H,24,27). The number of likely N-dealkylation sites (tertiary alicyclic amines) is 1. The predicted octanol–water partition coefficient (Wildman–Crippen LogP) is 3.79. The maximum Gasteiger partial charge on any atom is 0.387 e. The zero-order valence-electron chi connectivity index (χ0n) is 15.9. The van der Waals surface area contributed by atoms with Crippen molar-refractivity contribution in [3.63, 3.8) is 0 Å². The summed E-state index contributed by atoms with van der Waals surface area (Å²) < 4.78 is 29.7. The number of carbonyl (C=O) groups is 2. The fourth-order valence-electron chi connectivity index (χ4n) is 3.37. The number of rotatable bonds is 5. The number of phenols is 1. The molecule has 2 amide bonds. The van der Waals surface area contributed by atoms with Crippen molar-refractivity contribution in [2.45, 2.75) is 26.4 Å². The number of nitrogens with zero attached hydrogens (tertiary/aromatic N) is 1. The number of benzene rings is 2. The molecular formula is C21H22F2N2O4. The molecule has 8 heteroatoms. The molecule has 0 spiro atoms. The Morgan fingerprint density at radius 3 is 2.76 bits per heavy atom. The first kappa shape index (κ1) is 20.6. The lowest BCUT2D eigenvalue weighted by Gasteiger charge is -2.32. The number of carbonyl (C=O) groups excluding carboxylic acids is 2. The fraction of sp³-hybridized carbons (Fsp3) is 0.333. The van der Waals surface area contributed by atoms with Gasteiger partial charge in [-0.25, -0.2) is 0 Å². The fourth-order valence-corrected chi connectivity index (χ4v) is 3.37. The number of amides is 2. The Kier molecular flexibility index (Phi) is 6.31. The van der Waals surface area contributed by atoms with Crippen LogP contribution >= 0.6 is 0 Å². The summed E-state index contributed by atoms with van der Waals surface area (Å²) in [5, 5.41) is 12.6. The van der Waals surface area contributed by atoms with Gasteiger partial charge in [-0.3, -0.25) is 9.59 Å². The Labute approximate surface area is 167 Å². The first-order chi connectivity index (χ1) is 13.8. The van der Waals surface area contributed by atoms with Gasteiger partial charge < -0.3 is 20.1 Å². The molecule has 2 aromatic carbocycles. The van der Waals surface area contributed by atoms with Crippen molar-refractivity contribution in [1.82, 2.24) is 4.90 Å². The lowest BCUT2D eigenvalue weighted by Crippen LogP contribution is -2.43. The second-order valence-corrected chi connectivity index (χ2v) is 6.97. The molecule has 6 nitrogen and oxygen atoms in total. The van der Waals surface area contributed by atoms with Gasteiger partial charge in [-0.2, -0.15) is 8.78 Å². The zero-order chi connectivity index (χ0) is 21.0. The maximum absolute atomic E-state index is 12.9. The van der Waals surface area contributed by atoms with Crippen LogP contribution in [-0.4, -0.2) is 41.5 Å². The van der Waals surface area contributed by atoms with E-state index >= 15 is 0 Å². The molecule has 2 N–H and O–H groups in total. The average molecular weight is 404 g/mol. The van der Waals surface area contributed by atoms with Gasteiger partial charge in [-0.05, 0) is 49.6 Å². The van der Waals surface area contributed by atoms with Gasteiger partial charge in [0.2, 0.25) is 5.91 Å². The van der Waals surface area contributed by atoms with E-state index in [9.17, 15) is 23.5 Å². The summed E-state index contributed by atoms with van der Waals surface area (Å²) in [4.78, 5) is 27.0. The Balaban J connectivity index is 1.71. The smallest absolute Gasteiger partial charge is 0.387 e. The van der Waals surface area contributed by atoms with E-state index in [4.69, 9.17) is 0 Å². The van der Waals surface area contributed by atoms with Crippen LogP contribution in [0.15, 0.2) is 42.5 Å². The molecule has 0 bridgehead atoms. The number of hydrogen-bond donors (Lipinski definition) is 2. The van der Waals surface area contributed by atoms with Crippen molar-refractivity contribution in [3.05, 3.63) is 53.6 Å². The van der Waals surface area contributed by atoms with E-state index in [0.717, 1.165) is 5.56 Å². The highest BCUT2D eigenvalue weighted by Crippen LogP contribution is 2.28. The summed E-state index contributed by atoms with van der Waals surface area (Å²) in [5.74, 6) is -1.47. The molecule has 1 aliphatic heterocycles. The third kappa shape index (κ3) is 5.01. The Hall–Kier alpha value is -3.16. The van der Waals surface area contributed by atoms with Crippen molar-refractivity contribution in [2.75, 3.05) is 18.4 Å². The lowest BCUT2D eigenvalue weighted by molar-refractivity contribution is -0.121. The Bertz CT molecular complexity index is 904. The van der Waals surface area contributed by atoms with Gasteiger partial charge in [0.15, 0.2) is 0 Å². The van der Waals surface area contributed by atoms with Crippen LogP contribution in [-0.2, 0) is 4.79 Å². The summed E-state index contributed by atoms with van der Waals surface area (Å²) >= 11 is 0. The van der Waals surface area contributed by atoms with E-state index in [1.807, 2.05) is 6.92 Å². The molecule has 0 aromatic heterocycles. The minimum absolute atomic E-state index is 0.0326. The molecule has 1 saturated heterocycles. The first-order valence-corrected chi connectivity index (χ1v) is 9.28. The van der Waals surface area contributed by atoms with E-state index in [-0.39, 0.29) is 29.5 Å². The third-order valence-corrected chi connectivity index (χ3v) is 4.82. The van der Waals surface area contributed by atoms with Crippen LogP contribution in [0.25, 0.3) is 0 Å². The number of phenolic OH excluding ortho intramolecular Hbond substituents is 1. The second kappa shape index (κ2) is 8.89. The van der Waals surface area contributed by atoms with Gasteiger partial charge in [0.25, 0.3) is 5.91 Å². The molecule has 1 heterocycles. The van der Waals surface area contributed by atoms with E-state index in [1.54, 1.807) is 18.2 Å². The highest BCUT2D eigenvalue weighted by Gasteiger charge is 2.30. The van der Waals surface area contributed by atoms with Crippen LogP contribution < -0.4 is 10.1 Å². The van der Waals surface area contributed by atoms with Gasteiger partial charge >= 0.3 is 6.61 Å².